The van der Waals surface area contributed by atoms with Gasteiger partial charge in [0.15, 0.2) is 0 Å². The van der Waals surface area contributed by atoms with Gasteiger partial charge >= 0.3 is 0 Å². The number of nitrogens with zero attached hydrogens (tertiary/aromatic N) is 2. The SMILES string of the molecule is OC(Cc1nccs1)c1ncccc1Cl. The summed E-state index contributed by atoms with van der Waals surface area (Å²) in [5.74, 6) is 0. The number of pyridine rings is 1. The Kier molecular flexibility index (Phi) is 3.30. The average Bonchev–Trinajstić information content (AvgIpc) is 2.71. The van der Waals surface area contributed by atoms with Gasteiger partial charge in [0.05, 0.1) is 15.7 Å². The van der Waals surface area contributed by atoms with Crippen LogP contribution in [-0.4, -0.2) is 15.1 Å². The summed E-state index contributed by atoms with van der Waals surface area (Å²) >= 11 is 7.43. The number of aromatic nitrogens is 2. The van der Waals surface area contributed by atoms with Gasteiger partial charge in [-0.3, -0.25) is 4.98 Å². The summed E-state index contributed by atoms with van der Waals surface area (Å²) in [6, 6.07) is 3.46. The molecule has 0 saturated carbocycles. The van der Waals surface area contributed by atoms with Gasteiger partial charge in [-0.1, -0.05) is 11.6 Å². The lowest BCUT2D eigenvalue weighted by molar-refractivity contribution is 0.173. The molecule has 0 amide bonds. The third-order valence-corrected chi connectivity index (χ3v) is 3.08. The zero-order valence-corrected chi connectivity index (χ0v) is 9.37. The summed E-state index contributed by atoms with van der Waals surface area (Å²) in [4.78, 5) is 8.15. The van der Waals surface area contributed by atoms with E-state index >= 15 is 0 Å². The molecule has 78 valence electrons. The molecule has 2 rings (SSSR count). The fraction of sp³-hybridized carbons (Fsp3) is 0.200. The molecule has 0 aliphatic heterocycles. The number of aliphatic hydroxyl groups excluding tert-OH is 1. The number of aliphatic hydroxyl groups is 1. The molecular weight excluding hydrogens is 232 g/mol. The van der Waals surface area contributed by atoms with E-state index in [2.05, 4.69) is 9.97 Å². The van der Waals surface area contributed by atoms with E-state index in [1.165, 1.54) is 11.3 Å². The van der Waals surface area contributed by atoms with E-state index in [4.69, 9.17) is 11.6 Å². The molecule has 1 unspecified atom stereocenters. The second kappa shape index (κ2) is 4.70. The van der Waals surface area contributed by atoms with Gasteiger partial charge in [-0.2, -0.15) is 0 Å². The van der Waals surface area contributed by atoms with E-state index in [0.717, 1.165) is 5.01 Å². The van der Waals surface area contributed by atoms with E-state index in [-0.39, 0.29) is 0 Å². The van der Waals surface area contributed by atoms with Gasteiger partial charge in [-0.05, 0) is 12.1 Å². The molecule has 2 aromatic heterocycles. The van der Waals surface area contributed by atoms with E-state index in [1.54, 1.807) is 24.5 Å². The molecule has 0 radical (unpaired) electrons. The van der Waals surface area contributed by atoms with Gasteiger partial charge in [0.2, 0.25) is 0 Å². The molecule has 1 N–H and O–H groups in total. The minimum atomic E-state index is -0.690. The third kappa shape index (κ3) is 2.53. The highest BCUT2D eigenvalue weighted by molar-refractivity contribution is 7.09. The van der Waals surface area contributed by atoms with Crippen molar-refractivity contribution in [3.63, 3.8) is 0 Å². The van der Waals surface area contributed by atoms with Crippen molar-refractivity contribution in [1.82, 2.24) is 9.97 Å². The Balaban J connectivity index is 2.15. The van der Waals surface area contributed by atoms with Crippen molar-refractivity contribution >= 4 is 22.9 Å². The molecule has 2 aromatic rings. The van der Waals surface area contributed by atoms with E-state index < -0.39 is 6.10 Å². The Morgan fingerprint density at radius 3 is 2.93 bits per heavy atom. The van der Waals surface area contributed by atoms with Crippen LogP contribution < -0.4 is 0 Å². The standard InChI is InChI=1S/C10H9ClN2OS/c11-7-2-1-3-13-10(7)8(14)6-9-12-4-5-15-9/h1-5,8,14H,6H2. The largest absolute Gasteiger partial charge is 0.386 e. The summed E-state index contributed by atoms with van der Waals surface area (Å²) in [5.41, 5.74) is 0.509. The van der Waals surface area contributed by atoms with E-state index in [0.29, 0.717) is 17.1 Å². The lowest BCUT2D eigenvalue weighted by atomic mass is 10.2. The number of hydrogen-bond acceptors (Lipinski definition) is 4. The predicted octanol–water partition coefficient (Wildman–Crippen LogP) is 2.47. The Morgan fingerprint density at radius 2 is 2.27 bits per heavy atom. The van der Waals surface area contributed by atoms with Crippen LogP contribution in [0.2, 0.25) is 5.02 Å². The molecule has 0 bridgehead atoms. The highest BCUT2D eigenvalue weighted by Crippen LogP contribution is 2.23. The van der Waals surface area contributed by atoms with Gasteiger partial charge in [-0.25, -0.2) is 4.98 Å². The molecule has 0 spiro atoms. The maximum absolute atomic E-state index is 9.89. The first-order valence-electron chi connectivity index (χ1n) is 4.44. The van der Waals surface area contributed by atoms with E-state index in [1.807, 2.05) is 5.38 Å². The van der Waals surface area contributed by atoms with Crippen molar-refractivity contribution in [2.24, 2.45) is 0 Å². The van der Waals surface area contributed by atoms with Crippen molar-refractivity contribution in [3.8, 4) is 0 Å². The summed E-state index contributed by atoms with van der Waals surface area (Å²) in [7, 11) is 0. The van der Waals surface area contributed by atoms with Crippen LogP contribution in [0.25, 0.3) is 0 Å². The molecule has 1 atom stereocenters. The molecule has 5 heteroatoms. The minimum absolute atomic E-state index is 0.453. The van der Waals surface area contributed by atoms with Gasteiger partial charge in [-0.15, -0.1) is 11.3 Å². The highest BCUT2D eigenvalue weighted by Gasteiger charge is 2.14. The van der Waals surface area contributed by atoms with Crippen LogP contribution in [0.5, 0.6) is 0 Å². The Hall–Kier alpha value is -0.970. The molecule has 0 aliphatic rings. The molecule has 0 aliphatic carbocycles. The first-order valence-corrected chi connectivity index (χ1v) is 5.70. The summed E-state index contributed by atoms with van der Waals surface area (Å²) in [6.07, 6.45) is 3.10. The Bertz CT molecular complexity index is 433. The topological polar surface area (TPSA) is 46.0 Å². The summed E-state index contributed by atoms with van der Waals surface area (Å²) < 4.78 is 0. The molecular formula is C10H9ClN2OS. The quantitative estimate of drug-likeness (QED) is 0.897. The zero-order chi connectivity index (χ0) is 10.7. The molecule has 0 aromatic carbocycles. The molecule has 0 saturated heterocycles. The minimum Gasteiger partial charge on any atom is -0.386 e. The third-order valence-electron chi connectivity index (χ3n) is 1.95. The molecule has 3 nitrogen and oxygen atoms in total. The maximum Gasteiger partial charge on any atom is 0.104 e. The van der Waals surface area contributed by atoms with Gasteiger partial charge in [0.1, 0.15) is 6.10 Å². The Morgan fingerprint density at radius 1 is 1.40 bits per heavy atom. The number of halogens is 1. The van der Waals surface area contributed by atoms with Crippen LogP contribution in [0.15, 0.2) is 29.9 Å². The second-order valence-corrected chi connectivity index (χ2v) is 4.40. The fourth-order valence-corrected chi connectivity index (χ4v) is 2.16. The van der Waals surface area contributed by atoms with Gasteiger partial charge in [0, 0.05) is 24.2 Å². The van der Waals surface area contributed by atoms with Crippen molar-refractivity contribution < 1.29 is 5.11 Å². The highest BCUT2D eigenvalue weighted by atomic mass is 35.5. The number of thiazole rings is 1. The molecule has 0 fully saturated rings. The van der Waals surface area contributed by atoms with Crippen molar-refractivity contribution in [1.29, 1.82) is 0 Å². The first-order chi connectivity index (χ1) is 7.27. The van der Waals surface area contributed by atoms with Gasteiger partial charge < -0.3 is 5.11 Å². The molecule has 15 heavy (non-hydrogen) atoms. The van der Waals surface area contributed by atoms with Crippen LogP contribution in [0, 0.1) is 0 Å². The normalized spacial score (nSPS) is 12.7. The van der Waals surface area contributed by atoms with E-state index in [9.17, 15) is 5.11 Å². The summed E-state index contributed by atoms with van der Waals surface area (Å²) in [5, 5.41) is 13.1. The first kappa shape index (κ1) is 10.5. The fourth-order valence-electron chi connectivity index (χ4n) is 1.26. The molecule has 2 heterocycles. The Labute approximate surface area is 96.4 Å². The van der Waals surface area contributed by atoms with Crippen molar-refractivity contribution in [2.45, 2.75) is 12.5 Å². The number of rotatable bonds is 3. The zero-order valence-electron chi connectivity index (χ0n) is 7.80. The summed E-state index contributed by atoms with van der Waals surface area (Å²) in [6.45, 7) is 0. The number of hydrogen-bond donors (Lipinski definition) is 1. The lowest BCUT2D eigenvalue weighted by Gasteiger charge is -2.09. The maximum atomic E-state index is 9.89. The predicted molar refractivity (Wildman–Crippen MR) is 60.0 cm³/mol. The van der Waals surface area contributed by atoms with Crippen LogP contribution in [0.1, 0.15) is 16.8 Å². The average molecular weight is 241 g/mol. The van der Waals surface area contributed by atoms with Crippen LogP contribution in [0.3, 0.4) is 0 Å². The van der Waals surface area contributed by atoms with Crippen LogP contribution in [0.4, 0.5) is 0 Å². The second-order valence-electron chi connectivity index (χ2n) is 3.02. The lowest BCUT2D eigenvalue weighted by Crippen LogP contribution is -2.04. The van der Waals surface area contributed by atoms with Crippen LogP contribution >= 0.6 is 22.9 Å². The van der Waals surface area contributed by atoms with Crippen LogP contribution in [-0.2, 0) is 6.42 Å². The van der Waals surface area contributed by atoms with Gasteiger partial charge in [0.25, 0.3) is 0 Å². The van der Waals surface area contributed by atoms with Crippen molar-refractivity contribution in [3.05, 3.63) is 45.6 Å². The smallest absolute Gasteiger partial charge is 0.104 e. The van der Waals surface area contributed by atoms with Crippen molar-refractivity contribution in [2.75, 3.05) is 0 Å². The monoisotopic (exact) mass is 240 g/mol.